The maximum absolute atomic E-state index is 11.1. The zero-order valence-electron chi connectivity index (χ0n) is 6.73. The molecule has 0 unspecified atom stereocenters. The van der Waals surface area contributed by atoms with E-state index in [0.29, 0.717) is 5.56 Å². The first-order valence-electron chi connectivity index (χ1n) is 3.59. The minimum Gasteiger partial charge on any atom is -0.313 e. The van der Waals surface area contributed by atoms with Gasteiger partial charge in [0.1, 0.15) is 0 Å². The van der Waals surface area contributed by atoms with Gasteiger partial charge in [-0.25, -0.2) is 4.79 Å². The van der Waals surface area contributed by atoms with Gasteiger partial charge in [-0.2, -0.15) is 0 Å². The van der Waals surface area contributed by atoms with E-state index < -0.39 is 5.97 Å². The SMILES string of the molecule is CC=NOC(=O)c1ccccc1. The van der Waals surface area contributed by atoms with E-state index in [1.54, 1.807) is 31.2 Å². The smallest absolute Gasteiger partial charge is 0.313 e. The summed E-state index contributed by atoms with van der Waals surface area (Å²) in [6, 6.07) is 8.72. The molecule has 0 saturated heterocycles. The molecule has 3 nitrogen and oxygen atoms in total. The van der Waals surface area contributed by atoms with Crippen LogP contribution < -0.4 is 0 Å². The summed E-state index contributed by atoms with van der Waals surface area (Å²) >= 11 is 0. The fraction of sp³-hybridized carbons (Fsp3) is 0.111. The Morgan fingerprint density at radius 1 is 1.42 bits per heavy atom. The Hall–Kier alpha value is -1.64. The molecule has 0 spiro atoms. The Balaban J connectivity index is 2.66. The van der Waals surface area contributed by atoms with Crippen LogP contribution in [0.25, 0.3) is 0 Å². The van der Waals surface area contributed by atoms with Crippen molar-refractivity contribution in [3.05, 3.63) is 35.9 Å². The van der Waals surface area contributed by atoms with Crippen LogP contribution in [-0.2, 0) is 4.84 Å². The summed E-state index contributed by atoms with van der Waals surface area (Å²) < 4.78 is 0. The summed E-state index contributed by atoms with van der Waals surface area (Å²) in [5.74, 6) is -0.436. The van der Waals surface area contributed by atoms with Crippen LogP contribution in [-0.4, -0.2) is 12.2 Å². The average Bonchev–Trinajstić information content (AvgIpc) is 2.15. The normalized spacial score (nSPS) is 10.1. The maximum Gasteiger partial charge on any atom is 0.365 e. The molecule has 0 aliphatic heterocycles. The van der Waals surface area contributed by atoms with Crippen LogP contribution in [0.1, 0.15) is 17.3 Å². The number of hydrogen-bond acceptors (Lipinski definition) is 3. The number of nitrogens with zero attached hydrogens (tertiary/aromatic N) is 1. The van der Waals surface area contributed by atoms with E-state index in [-0.39, 0.29) is 0 Å². The lowest BCUT2D eigenvalue weighted by molar-refractivity contribution is 0.0518. The lowest BCUT2D eigenvalue weighted by Gasteiger charge is -1.95. The van der Waals surface area contributed by atoms with Crippen molar-refractivity contribution in [3.63, 3.8) is 0 Å². The summed E-state index contributed by atoms with van der Waals surface area (Å²) in [6.07, 6.45) is 1.42. The summed E-state index contributed by atoms with van der Waals surface area (Å²) in [7, 11) is 0. The second kappa shape index (κ2) is 4.28. The number of carbonyl (C=O) groups is 1. The zero-order valence-corrected chi connectivity index (χ0v) is 6.73. The van der Waals surface area contributed by atoms with Crippen molar-refractivity contribution in [2.24, 2.45) is 5.16 Å². The largest absolute Gasteiger partial charge is 0.365 e. The van der Waals surface area contributed by atoms with Gasteiger partial charge in [-0.15, -0.1) is 0 Å². The predicted octanol–water partition coefficient (Wildman–Crippen LogP) is 1.85. The second-order valence-electron chi connectivity index (χ2n) is 2.11. The number of benzene rings is 1. The quantitative estimate of drug-likeness (QED) is 0.379. The number of rotatable bonds is 2. The van der Waals surface area contributed by atoms with Gasteiger partial charge in [0, 0.05) is 6.21 Å². The summed E-state index contributed by atoms with van der Waals surface area (Å²) in [5.41, 5.74) is 0.503. The highest BCUT2D eigenvalue weighted by Gasteiger charge is 2.03. The molecule has 3 heteroatoms. The van der Waals surface area contributed by atoms with Gasteiger partial charge in [0.05, 0.1) is 5.56 Å². The van der Waals surface area contributed by atoms with E-state index in [1.165, 1.54) is 6.21 Å². The van der Waals surface area contributed by atoms with Crippen molar-refractivity contribution in [3.8, 4) is 0 Å². The highest BCUT2D eigenvalue weighted by atomic mass is 16.7. The van der Waals surface area contributed by atoms with Crippen molar-refractivity contribution < 1.29 is 9.63 Å². The highest BCUT2D eigenvalue weighted by Crippen LogP contribution is 2.00. The average molecular weight is 163 g/mol. The number of oxime groups is 1. The van der Waals surface area contributed by atoms with E-state index in [1.807, 2.05) is 6.07 Å². The van der Waals surface area contributed by atoms with Crippen molar-refractivity contribution in [1.82, 2.24) is 0 Å². The predicted molar refractivity (Wildman–Crippen MR) is 46.0 cm³/mol. The molecule has 0 N–H and O–H groups in total. The van der Waals surface area contributed by atoms with Crippen molar-refractivity contribution >= 4 is 12.2 Å². The van der Waals surface area contributed by atoms with E-state index in [9.17, 15) is 4.79 Å². The monoisotopic (exact) mass is 163 g/mol. The second-order valence-corrected chi connectivity index (χ2v) is 2.11. The van der Waals surface area contributed by atoms with Crippen LogP contribution in [0.15, 0.2) is 35.5 Å². The van der Waals surface area contributed by atoms with Gasteiger partial charge < -0.3 is 4.84 Å². The molecule has 0 fully saturated rings. The first-order valence-corrected chi connectivity index (χ1v) is 3.59. The molecule has 0 saturated carbocycles. The molecule has 0 aromatic heterocycles. The molecular weight excluding hydrogens is 154 g/mol. The van der Waals surface area contributed by atoms with E-state index >= 15 is 0 Å². The highest BCUT2D eigenvalue weighted by molar-refractivity contribution is 5.89. The zero-order chi connectivity index (χ0) is 8.81. The van der Waals surface area contributed by atoms with Gasteiger partial charge in [-0.05, 0) is 19.1 Å². The number of hydrogen-bond donors (Lipinski definition) is 0. The van der Waals surface area contributed by atoms with Gasteiger partial charge in [0.25, 0.3) is 0 Å². The summed E-state index contributed by atoms with van der Waals surface area (Å²) in [6.45, 7) is 1.68. The minimum atomic E-state index is -0.436. The Bertz CT molecular complexity index is 280. The van der Waals surface area contributed by atoms with E-state index in [4.69, 9.17) is 0 Å². The molecule has 1 aromatic rings. The standard InChI is InChI=1S/C9H9NO2/c1-2-10-12-9(11)8-6-4-3-5-7-8/h2-7H,1H3. The molecule has 0 aliphatic carbocycles. The molecule has 0 bridgehead atoms. The molecule has 0 aliphatic rings. The Kier molecular flexibility index (Phi) is 3.02. The van der Waals surface area contributed by atoms with Gasteiger partial charge in [0.15, 0.2) is 0 Å². The van der Waals surface area contributed by atoms with Crippen LogP contribution in [0.2, 0.25) is 0 Å². The van der Waals surface area contributed by atoms with Crippen LogP contribution >= 0.6 is 0 Å². The lowest BCUT2D eigenvalue weighted by Crippen LogP contribution is -1.99. The molecule has 1 rings (SSSR count). The van der Waals surface area contributed by atoms with E-state index in [0.717, 1.165) is 0 Å². The Labute approximate surface area is 70.7 Å². The van der Waals surface area contributed by atoms with Gasteiger partial charge in [-0.1, -0.05) is 23.4 Å². The van der Waals surface area contributed by atoms with Gasteiger partial charge in [-0.3, -0.25) is 0 Å². The molecule has 0 radical (unpaired) electrons. The van der Waals surface area contributed by atoms with Crippen molar-refractivity contribution in [2.75, 3.05) is 0 Å². The third-order valence-corrected chi connectivity index (χ3v) is 1.25. The molecule has 0 amide bonds. The van der Waals surface area contributed by atoms with Crippen LogP contribution in [0.4, 0.5) is 0 Å². The fourth-order valence-corrected chi connectivity index (χ4v) is 0.728. The summed E-state index contributed by atoms with van der Waals surface area (Å²) in [4.78, 5) is 15.6. The molecule has 1 aromatic carbocycles. The number of carbonyl (C=O) groups excluding carboxylic acids is 1. The van der Waals surface area contributed by atoms with Crippen LogP contribution in [0.5, 0.6) is 0 Å². The first kappa shape index (κ1) is 8.46. The van der Waals surface area contributed by atoms with Gasteiger partial charge >= 0.3 is 5.97 Å². The van der Waals surface area contributed by atoms with Crippen molar-refractivity contribution in [2.45, 2.75) is 6.92 Å². The third kappa shape index (κ3) is 2.20. The Morgan fingerprint density at radius 2 is 2.08 bits per heavy atom. The van der Waals surface area contributed by atoms with Gasteiger partial charge in [0.2, 0.25) is 0 Å². The Morgan fingerprint density at radius 3 is 2.67 bits per heavy atom. The molecule has 0 atom stereocenters. The van der Waals surface area contributed by atoms with Crippen LogP contribution in [0.3, 0.4) is 0 Å². The maximum atomic E-state index is 11.1. The molecule has 0 heterocycles. The topological polar surface area (TPSA) is 38.7 Å². The lowest BCUT2D eigenvalue weighted by atomic mass is 10.2. The third-order valence-electron chi connectivity index (χ3n) is 1.25. The van der Waals surface area contributed by atoms with Crippen molar-refractivity contribution in [1.29, 1.82) is 0 Å². The molecule has 62 valence electrons. The molecular formula is C9H9NO2. The summed E-state index contributed by atoms with van der Waals surface area (Å²) in [5, 5.41) is 3.37. The first-order chi connectivity index (χ1) is 5.84. The van der Waals surface area contributed by atoms with Crippen LogP contribution in [0, 0.1) is 0 Å². The molecule has 12 heavy (non-hydrogen) atoms. The fourth-order valence-electron chi connectivity index (χ4n) is 0.728. The minimum absolute atomic E-state index is 0.436. The van der Waals surface area contributed by atoms with E-state index in [2.05, 4.69) is 9.99 Å².